The maximum absolute atomic E-state index is 11.3. The molecule has 0 fully saturated rings. The molecule has 0 saturated carbocycles. The van der Waals surface area contributed by atoms with Gasteiger partial charge in [0.25, 0.3) is 0 Å². The van der Waals surface area contributed by atoms with Crippen LogP contribution in [0.4, 0.5) is 0 Å². The second kappa shape index (κ2) is 9.30. The molecule has 0 radical (unpaired) electrons. The molecule has 118 valence electrons. The third-order valence-corrected chi connectivity index (χ3v) is 3.29. The van der Waals surface area contributed by atoms with Crippen LogP contribution < -0.4 is 0 Å². The Morgan fingerprint density at radius 2 is 1.52 bits per heavy atom. The maximum atomic E-state index is 11.3. The number of benzene rings is 2. The van der Waals surface area contributed by atoms with Gasteiger partial charge >= 0.3 is 5.97 Å². The van der Waals surface area contributed by atoms with Crippen molar-refractivity contribution in [1.29, 1.82) is 0 Å². The molecule has 0 aliphatic rings. The van der Waals surface area contributed by atoms with Gasteiger partial charge in [-0.3, -0.25) is 9.98 Å². The van der Waals surface area contributed by atoms with Crippen LogP contribution in [0.1, 0.15) is 24.0 Å². The van der Waals surface area contributed by atoms with Gasteiger partial charge < -0.3 is 5.11 Å². The fourth-order valence-corrected chi connectivity index (χ4v) is 2.06. The Labute approximate surface area is 136 Å². The van der Waals surface area contributed by atoms with Crippen LogP contribution in [0.15, 0.2) is 70.6 Å². The van der Waals surface area contributed by atoms with Crippen LogP contribution in [-0.2, 0) is 4.79 Å². The molecule has 2 aromatic carbocycles. The van der Waals surface area contributed by atoms with Crippen molar-refractivity contribution < 1.29 is 9.90 Å². The minimum atomic E-state index is -0.899. The molecule has 2 rings (SSSR count). The molecule has 1 atom stereocenters. The first-order valence-electron chi connectivity index (χ1n) is 7.61. The quantitative estimate of drug-likeness (QED) is 0.599. The van der Waals surface area contributed by atoms with Crippen molar-refractivity contribution in [3.8, 4) is 0 Å². The van der Waals surface area contributed by atoms with E-state index in [2.05, 4.69) is 9.98 Å². The molecule has 0 aliphatic heterocycles. The van der Waals surface area contributed by atoms with Crippen molar-refractivity contribution in [2.24, 2.45) is 9.98 Å². The number of carboxylic acids is 1. The zero-order chi connectivity index (χ0) is 16.3. The summed E-state index contributed by atoms with van der Waals surface area (Å²) in [5, 5.41) is 9.23. The third kappa shape index (κ3) is 6.26. The van der Waals surface area contributed by atoms with Gasteiger partial charge in [-0.1, -0.05) is 60.7 Å². The number of aliphatic carboxylic acids is 1. The second-order valence-corrected chi connectivity index (χ2v) is 5.13. The van der Waals surface area contributed by atoms with E-state index < -0.39 is 12.0 Å². The van der Waals surface area contributed by atoms with E-state index in [0.29, 0.717) is 19.4 Å². The molecule has 23 heavy (non-hydrogen) atoms. The van der Waals surface area contributed by atoms with E-state index in [1.165, 1.54) is 0 Å². The highest BCUT2D eigenvalue weighted by atomic mass is 16.4. The van der Waals surface area contributed by atoms with Gasteiger partial charge in [-0.05, 0) is 24.0 Å². The van der Waals surface area contributed by atoms with Crippen molar-refractivity contribution in [3.05, 3.63) is 71.8 Å². The lowest BCUT2D eigenvalue weighted by atomic mass is 10.1. The van der Waals surface area contributed by atoms with Gasteiger partial charge in [0.1, 0.15) is 6.04 Å². The first-order valence-corrected chi connectivity index (χ1v) is 7.61. The molecule has 0 aliphatic carbocycles. The summed E-state index contributed by atoms with van der Waals surface area (Å²) in [6.45, 7) is 0.597. The van der Waals surface area contributed by atoms with Crippen molar-refractivity contribution in [3.63, 3.8) is 0 Å². The molecule has 0 aromatic heterocycles. The van der Waals surface area contributed by atoms with E-state index in [-0.39, 0.29) is 0 Å². The monoisotopic (exact) mass is 308 g/mol. The molecule has 0 saturated heterocycles. The Morgan fingerprint density at radius 1 is 0.957 bits per heavy atom. The van der Waals surface area contributed by atoms with Crippen molar-refractivity contribution in [1.82, 2.24) is 0 Å². The lowest BCUT2D eigenvalue weighted by Crippen LogP contribution is -2.18. The highest BCUT2D eigenvalue weighted by Gasteiger charge is 2.14. The molecular weight excluding hydrogens is 288 g/mol. The Kier molecular flexibility index (Phi) is 6.72. The summed E-state index contributed by atoms with van der Waals surface area (Å²) < 4.78 is 0. The van der Waals surface area contributed by atoms with Crippen LogP contribution in [0, 0.1) is 0 Å². The van der Waals surface area contributed by atoms with Crippen LogP contribution in [0.3, 0.4) is 0 Å². The summed E-state index contributed by atoms with van der Waals surface area (Å²) in [7, 11) is 0. The van der Waals surface area contributed by atoms with Crippen LogP contribution in [-0.4, -0.2) is 36.1 Å². The third-order valence-electron chi connectivity index (χ3n) is 3.29. The highest BCUT2D eigenvalue weighted by Crippen LogP contribution is 2.05. The summed E-state index contributed by atoms with van der Waals surface area (Å²) in [5.41, 5.74) is 1.95. The van der Waals surface area contributed by atoms with Gasteiger partial charge in [0, 0.05) is 19.0 Å². The Morgan fingerprint density at radius 3 is 2.09 bits per heavy atom. The summed E-state index contributed by atoms with van der Waals surface area (Å²) >= 11 is 0. The average molecular weight is 308 g/mol. The number of nitrogens with zero attached hydrogens (tertiary/aromatic N) is 2. The number of rotatable bonds is 8. The van der Waals surface area contributed by atoms with Crippen LogP contribution in [0.25, 0.3) is 0 Å². The van der Waals surface area contributed by atoms with Gasteiger partial charge in [-0.15, -0.1) is 0 Å². The van der Waals surface area contributed by atoms with Crippen molar-refractivity contribution in [2.75, 3.05) is 6.54 Å². The lowest BCUT2D eigenvalue weighted by molar-refractivity contribution is -0.138. The van der Waals surface area contributed by atoms with Gasteiger partial charge in [-0.25, -0.2) is 4.79 Å². The zero-order valence-corrected chi connectivity index (χ0v) is 12.9. The highest BCUT2D eigenvalue weighted by molar-refractivity contribution is 5.83. The van der Waals surface area contributed by atoms with Crippen LogP contribution in [0.2, 0.25) is 0 Å². The zero-order valence-electron chi connectivity index (χ0n) is 12.9. The van der Waals surface area contributed by atoms with Gasteiger partial charge in [0.05, 0.1) is 0 Å². The van der Waals surface area contributed by atoms with Gasteiger partial charge in [-0.2, -0.15) is 0 Å². The lowest BCUT2D eigenvalue weighted by Gasteiger charge is -2.05. The molecule has 0 spiro atoms. The molecule has 0 bridgehead atoms. The Balaban J connectivity index is 1.80. The fraction of sp³-hybridized carbons (Fsp3) is 0.211. The van der Waals surface area contributed by atoms with E-state index in [0.717, 1.165) is 11.1 Å². The minimum Gasteiger partial charge on any atom is -0.480 e. The SMILES string of the molecule is O=C(O)C(CCC/N=C/c1ccccc1)/N=C/c1ccccc1. The number of hydrogen-bond donors (Lipinski definition) is 1. The normalized spacial score (nSPS) is 12.7. The molecule has 4 heteroatoms. The molecule has 1 unspecified atom stereocenters. The molecule has 0 heterocycles. The second-order valence-electron chi connectivity index (χ2n) is 5.13. The van der Waals surface area contributed by atoms with Crippen LogP contribution >= 0.6 is 0 Å². The van der Waals surface area contributed by atoms with Gasteiger partial charge in [0.15, 0.2) is 0 Å². The molecule has 1 N–H and O–H groups in total. The molecule has 4 nitrogen and oxygen atoms in total. The largest absolute Gasteiger partial charge is 0.480 e. The van der Waals surface area contributed by atoms with E-state index in [1.54, 1.807) is 6.21 Å². The van der Waals surface area contributed by atoms with E-state index in [1.807, 2.05) is 66.9 Å². The number of aliphatic imine (C=N–C) groups is 2. The predicted molar refractivity (Wildman–Crippen MR) is 93.6 cm³/mol. The fourth-order valence-electron chi connectivity index (χ4n) is 2.06. The predicted octanol–water partition coefficient (Wildman–Crippen LogP) is 3.46. The topological polar surface area (TPSA) is 62.0 Å². The summed E-state index contributed by atoms with van der Waals surface area (Å²) in [5.74, 6) is -0.899. The summed E-state index contributed by atoms with van der Waals surface area (Å²) in [6.07, 6.45) is 4.59. The van der Waals surface area contributed by atoms with E-state index in [9.17, 15) is 9.90 Å². The van der Waals surface area contributed by atoms with E-state index >= 15 is 0 Å². The number of carbonyl (C=O) groups is 1. The summed E-state index contributed by atoms with van der Waals surface area (Å²) in [4.78, 5) is 19.7. The number of hydrogen-bond acceptors (Lipinski definition) is 3. The Hall–Kier alpha value is -2.75. The van der Waals surface area contributed by atoms with E-state index in [4.69, 9.17) is 0 Å². The van der Waals surface area contributed by atoms with Crippen molar-refractivity contribution >= 4 is 18.4 Å². The Bertz CT molecular complexity index is 652. The molecule has 2 aromatic rings. The first kappa shape index (κ1) is 16.6. The molecular formula is C19H20N2O2. The summed E-state index contributed by atoms with van der Waals surface area (Å²) in [6, 6.07) is 18.6. The maximum Gasteiger partial charge on any atom is 0.328 e. The molecule has 0 amide bonds. The van der Waals surface area contributed by atoms with Crippen LogP contribution in [0.5, 0.6) is 0 Å². The standard InChI is InChI=1S/C19H20N2O2/c22-19(23)18(21-15-17-10-5-2-6-11-17)12-7-13-20-14-16-8-3-1-4-9-16/h1-6,8-11,14-15,18H,7,12-13H2,(H,22,23)/b20-14+,21-15+. The smallest absolute Gasteiger partial charge is 0.328 e. The van der Waals surface area contributed by atoms with Gasteiger partial charge in [0.2, 0.25) is 0 Å². The average Bonchev–Trinajstić information content (AvgIpc) is 2.59. The van der Waals surface area contributed by atoms with Crippen molar-refractivity contribution in [2.45, 2.75) is 18.9 Å². The first-order chi connectivity index (χ1) is 11.3. The minimum absolute atomic E-state index is 0.477. The number of carboxylic acid groups (broad SMARTS) is 1.